The van der Waals surface area contributed by atoms with Gasteiger partial charge < -0.3 is 9.84 Å². The first kappa shape index (κ1) is 18.4. The Labute approximate surface area is 131 Å². The average molecular weight is 329 g/mol. The molecule has 0 aliphatic rings. The van der Waals surface area contributed by atoms with E-state index in [2.05, 4.69) is 4.72 Å². The van der Waals surface area contributed by atoms with E-state index in [-0.39, 0.29) is 17.4 Å². The van der Waals surface area contributed by atoms with Crippen molar-refractivity contribution in [1.82, 2.24) is 4.72 Å². The number of aliphatic carboxylic acids is 1. The second kappa shape index (κ2) is 7.11. The standard InChI is InChI=1S/C15H23NO5S/c1-9(2)13(15(17)18)8-16-22(19,20)12-6-10(3)14(21-5)11(4)7-12/h6-7,9,13,16H,8H2,1-5H3,(H,17,18). The summed E-state index contributed by atoms with van der Waals surface area (Å²) < 4.78 is 32.3. The number of methoxy groups -OCH3 is 1. The van der Waals surface area contributed by atoms with Gasteiger partial charge in [-0.3, -0.25) is 4.79 Å². The number of aryl methyl sites for hydroxylation is 2. The highest BCUT2D eigenvalue weighted by atomic mass is 32.2. The molecule has 0 saturated carbocycles. The molecule has 0 aromatic heterocycles. The van der Waals surface area contributed by atoms with E-state index >= 15 is 0 Å². The molecule has 0 aliphatic carbocycles. The molecule has 1 aromatic carbocycles. The SMILES string of the molecule is COc1c(C)cc(S(=O)(=O)NCC(C(=O)O)C(C)C)cc1C. The molecule has 124 valence electrons. The molecular formula is C15H23NO5S. The lowest BCUT2D eigenvalue weighted by atomic mass is 9.97. The van der Waals surface area contributed by atoms with Gasteiger partial charge in [0.25, 0.3) is 0 Å². The van der Waals surface area contributed by atoms with Gasteiger partial charge >= 0.3 is 5.97 Å². The van der Waals surface area contributed by atoms with Gasteiger partial charge in [0.2, 0.25) is 10.0 Å². The first-order chi connectivity index (χ1) is 10.1. The highest BCUT2D eigenvalue weighted by molar-refractivity contribution is 7.89. The number of benzene rings is 1. The Hall–Kier alpha value is -1.60. The molecule has 1 aromatic rings. The van der Waals surface area contributed by atoms with Crippen LogP contribution in [0.3, 0.4) is 0 Å². The summed E-state index contributed by atoms with van der Waals surface area (Å²) in [5, 5.41) is 9.12. The Balaban J connectivity index is 3.03. The molecule has 0 spiro atoms. The number of carbonyl (C=O) groups is 1. The minimum atomic E-state index is -3.76. The zero-order valence-electron chi connectivity index (χ0n) is 13.5. The van der Waals surface area contributed by atoms with Crippen LogP contribution in [-0.2, 0) is 14.8 Å². The largest absolute Gasteiger partial charge is 0.496 e. The number of nitrogens with one attached hydrogen (secondary N) is 1. The number of hydrogen-bond acceptors (Lipinski definition) is 4. The van der Waals surface area contributed by atoms with Crippen molar-refractivity contribution in [3.05, 3.63) is 23.3 Å². The third-order valence-corrected chi connectivity index (χ3v) is 4.97. The van der Waals surface area contributed by atoms with E-state index in [1.807, 2.05) is 0 Å². The van der Waals surface area contributed by atoms with E-state index in [0.29, 0.717) is 16.9 Å². The van der Waals surface area contributed by atoms with Gasteiger partial charge in [0.15, 0.2) is 0 Å². The van der Waals surface area contributed by atoms with E-state index in [4.69, 9.17) is 9.84 Å². The van der Waals surface area contributed by atoms with Gasteiger partial charge in [0.05, 0.1) is 17.9 Å². The zero-order chi connectivity index (χ0) is 17.1. The van der Waals surface area contributed by atoms with Crippen molar-refractivity contribution >= 4 is 16.0 Å². The van der Waals surface area contributed by atoms with Crippen LogP contribution < -0.4 is 9.46 Å². The Morgan fingerprint density at radius 2 is 1.77 bits per heavy atom. The number of carboxylic acids is 1. The molecule has 0 bridgehead atoms. The van der Waals surface area contributed by atoms with Gasteiger partial charge in [-0.1, -0.05) is 13.8 Å². The second-order valence-electron chi connectivity index (χ2n) is 5.63. The molecule has 0 amide bonds. The van der Waals surface area contributed by atoms with Crippen molar-refractivity contribution in [3.63, 3.8) is 0 Å². The smallest absolute Gasteiger partial charge is 0.308 e. The summed E-state index contributed by atoms with van der Waals surface area (Å²) in [6.07, 6.45) is 0. The predicted molar refractivity (Wildman–Crippen MR) is 83.6 cm³/mol. The van der Waals surface area contributed by atoms with Gasteiger partial charge in [-0.05, 0) is 43.0 Å². The fraction of sp³-hybridized carbons (Fsp3) is 0.533. The highest BCUT2D eigenvalue weighted by Crippen LogP contribution is 2.26. The van der Waals surface area contributed by atoms with E-state index in [1.165, 1.54) is 19.2 Å². The van der Waals surface area contributed by atoms with Gasteiger partial charge in [0, 0.05) is 6.54 Å². The molecule has 0 saturated heterocycles. The van der Waals surface area contributed by atoms with Crippen LogP contribution in [0.1, 0.15) is 25.0 Å². The molecule has 1 atom stereocenters. The Kier molecular flexibility index (Phi) is 5.96. The quantitative estimate of drug-likeness (QED) is 0.797. The fourth-order valence-corrected chi connectivity index (χ4v) is 3.51. The highest BCUT2D eigenvalue weighted by Gasteiger charge is 2.25. The second-order valence-corrected chi connectivity index (χ2v) is 7.40. The summed E-state index contributed by atoms with van der Waals surface area (Å²) in [6.45, 7) is 6.88. The third-order valence-electron chi connectivity index (χ3n) is 3.56. The van der Waals surface area contributed by atoms with Crippen LogP contribution in [0.15, 0.2) is 17.0 Å². The van der Waals surface area contributed by atoms with Crippen LogP contribution in [0.2, 0.25) is 0 Å². The third kappa shape index (κ3) is 4.20. The molecule has 0 fully saturated rings. The monoisotopic (exact) mass is 329 g/mol. The lowest BCUT2D eigenvalue weighted by Gasteiger charge is -2.17. The van der Waals surface area contributed by atoms with E-state index in [0.717, 1.165) is 0 Å². The molecule has 2 N–H and O–H groups in total. The summed E-state index contributed by atoms with van der Waals surface area (Å²) in [6, 6.07) is 3.03. The number of carboxylic acid groups (broad SMARTS) is 1. The lowest BCUT2D eigenvalue weighted by molar-refractivity contribution is -0.142. The van der Waals surface area contributed by atoms with Crippen LogP contribution in [0.4, 0.5) is 0 Å². The van der Waals surface area contributed by atoms with Crippen molar-refractivity contribution in [2.24, 2.45) is 11.8 Å². The first-order valence-electron chi connectivity index (χ1n) is 6.97. The summed E-state index contributed by atoms with van der Waals surface area (Å²) in [5.74, 6) is -1.31. The molecule has 1 rings (SSSR count). The van der Waals surface area contributed by atoms with Crippen molar-refractivity contribution in [2.75, 3.05) is 13.7 Å². The minimum Gasteiger partial charge on any atom is -0.496 e. The molecule has 0 heterocycles. The van der Waals surface area contributed by atoms with E-state index in [9.17, 15) is 13.2 Å². The normalized spacial score (nSPS) is 13.2. The maximum atomic E-state index is 12.3. The molecule has 22 heavy (non-hydrogen) atoms. The summed E-state index contributed by atoms with van der Waals surface area (Å²) in [5.41, 5.74) is 1.42. The van der Waals surface area contributed by atoms with Gasteiger partial charge in [0.1, 0.15) is 5.75 Å². The lowest BCUT2D eigenvalue weighted by Crippen LogP contribution is -2.35. The molecule has 0 radical (unpaired) electrons. The van der Waals surface area contributed by atoms with Crippen LogP contribution in [0.25, 0.3) is 0 Å². The molecule has 6 nitrogen and oxygen atoms in total. The topological polar surface area (TPSA) is 92.7 Å². The van der Waals surface area contributed by atoms with E-state index in [1.54, 1.807) is 27.7 Å². The van der Waals surface area contributed by atoms with Crippen LogP contribution in [0.5, 0.6) is 5.75 Å². The van der Waals surface area contributed by atoms with Crippen molar-refractivity contribution in [3.8, 4) is 5.75 Å². The predicted octanol–water partition coefficient (Wildman–Crippen LogP) is 1.95. The fourth-order valence-electron chi connectivity index (χ4n) is 2.28. The summed E-state index contributed by atoms with van der Waals surface area (Å²) in [7, 11) is -2.23. The van der Waals surface area contributed by atoms with Gasteiger partial charge in [-0.15, -0.1) is 0 Å². The number of ether oxygens (including phenoxy) is 1. The zero-order valence-corrected chi connectivity index (χ0v) is 14.3. The Morgan fingerprint density at radius 3 is 2.14 bits per heavy atom. The molecule has 7 heteroatoms. The molecule has 0 aliphatic heterocycles. The average Bonchev–Trinajstić information content (AvgIpc) is 2.37. The number of hydrogen-bond donors (Lipinski definition) is 2. The van der Waals surface area contributed by atoms with Crippen molar-refractivity contribution < 1.29 is 23.1 Å². The number of sulfonamides is 1. The minimum absolute atomic E-state index is 0.108. The number of rotatable bonds is 7. The molecular weight excluding hydrogens is 306 g/mol. The van der Waals surface area contributed by atoms with Crippen LogP contribution in [0, 0.1) is 25.7 Å². The first-order valence-corrected chi connectivity index (χ1v) is 8.46. The Bertz CT molecular complexity index is 629. The maximum absolute atomic E-state index is 12.3. The van der Waals surface area contributed by atoms with Gasteiger partial charge in [-0.2, -0.15) is 0 Å². The van der Waals surface area contributed by atoms with E-state index < -0.39 is 21.9 Å². The van der Waals surface area contributed by atoms with Crippen molar-refractivity contribution in [1.29, 1.82) is 0 Å². The summed E-state index contributed by atoms with van der Waals surface area (Å²) >= 11 is 0. The van der Waals surface area contributed by atoms with Crippen LogP contribution in [-0.4, -0.2) is 33.1 Å². The Morgan fingerprint density at radius 1 is 1.27 bits per heavy atom. The van der Waals surface area contributed by atoms with Crippen LogP contribution >= 0.6 is 0 Å². The maximum Gasteiger partial charge on any atom is 0.308 e. The van der Waals surface area contributed by atoms with Crippen molar-refractivity contribution in [2.45, 2.75) is 32.6 Å². The van der Waals surface area contributed by atoms with Gasteiger partial charge in [-0.25, -0.2) is 13.1 Å². The molecule has 1 unspecified atom stereocenters. The summed E-state index contributed by atoms with van der Waals surface area (Å²) in [4.78, 5) is 11.2.